The maximum absolute atomic E-state index is 9.76. The van der Waals surface area contributed by atoms with Crippen LogP contribution in [0.15, 0.2) is 23.8 Å². The monoisotopic (exact) mass is 388 g/mol. The fourth-order valence-corrected chi connectivity index (χ4v) is 4.49. The SMILES string of the molecule is CCCCCCC(C)(C)c1cc(OC)c([C@H]2C=C(CO)C(C)(C)C2)c(OC)c1. The number of rotatable bonds is 10. The number of unbranched alkanes of at least 4 members (excludes halogenated alkanes) is 3. The number of aliphatic hydroxyl groups excluding tert-OH is 1. The summed E-state index contributed by atoms with van der Waals surface area (Å²) in [5, 5.41) is 9.76. The summed E-state index contributed by atoms with van der Waals surface area (Å²) in [6.07, 6.45) is 9.41. The summed E-state index contributed by atoms with van der Waals surface area (Å²) in [6.45, 7) is 11.4. The Kier molecular flexibility index (Phi) is 7.61. The van der Waals surface area contributed by atoms with Gasteiger partial charge in [-0.05, 0) is 46.9 Å². The molecule has 0 aliphatic heterocycles. The number of ether oxygens (including phenoxy) is 2. The summed E-state index contributed by atoms with van der Waals surface area (Å²) in [5.74, 6) is 1.99. The number of hydrogen-bond donors (Lipinski definition) is 1. The molecule has 1 aromatic carbocycles. The van der Waals surface area contributed by atoms with Gasteiger partial charge >= 0.3 is 0 Å². The summed E-state index contributed by atoms with van der Waals surface area (Å²) in [5.41, 5.74) is 3.54. The number of hydrogen-bond acceptors (Lipinski definition) is 3. The van der Waals surface area contributed by atoms with Crippen LogP contribution in [-0.4, -0.2) is 25.9 Å². The zero-order chi connectivity index (χ0) is 20.9. The van der Waals surface area contributed by atoms with Crippen LogP contribution in [0, 0.1) is 5.41 Å². The Balaban J connectivity index is 2.38. The van der Waals surface area contributed by atoms with Gasteiger partial charge in [0.25, 0.3) is 0 Å². The Labute approximate surface area is 172 Å². The van der Waals surface area contributed by atoms with Gasteiger partial charge in [0.2, 0.25) is 0 Å². The Bertz CT molecular complexity index is 660. The molecule has 1 atom stereocenters. The van der Waals surface area contributed by atoms with Gasteiger partial charge in [-0.2, -0.15) is 0 Å². The molecule has 158 valence electrons. The average molecular weight is 389 g/mol. The predicted octanol–water partition coefficient (Wildman–Crippen LogP) is 6.38. The second-order valence-corrected chi connectivity index (χ2v) is 9.53. The van der Waals surface area contributed by atoms with E-state index in [0.717, 1.165) is 35.5 Å². The van der Waals surface area contributed by atoms with Gasteiger partial charge < -0.3 is 14.6 Å². The van der Waals surface area contributed by atoms with E-state index in [4.69, 9.17) is 9.47 Å². The number of allylic oxidation sites excluding steroid dienone is 1. The van der Waals surface area contributed by atoms with Crippen molar-refractivity contribution < 1.29 is 14.6 Å². The number of benzene rings is 1. The summed E-state index contributed by atoms with van der Waals surface area (Å²) < 4.78 is 11.7. The second kappa shape index (κ2) is 9.35. The zero-order valence-electron chi connectivity index (χ0n) is 19.0. The van der Waals surface area contributed by atoms with Gasteiger partial charge in [0.05, 0.1) is 20.8 Å². The lowest BCUT2D eigenvalue weighted by molar-refractivity contribution is 0.288. The van der Waals surface area contributed by atoms with Crippen molar-refractivity contribution in [2.75, 3.05) is 20.8 Å². The molecule has 0 bridgehead atoms. The van der Waals surface area contributed by atoms with Gasteiger partial charge in [0.1, 0.15) is 11.5 Å². The molecule has 0 spiro atoms. The van der Waals surface area contributed by atoms with E-state index < -0.39 is 0 Å². The summed E-state index contributed by atoms with van der Waals surface area (Å²) in [6, 6.07) is 4.41. The first-order chi connectivity index (χ1) is 13.2. The Morgan fingerprint density at radius 2 is 1.68 bits per heavy atom. The maximum Gasteiger partial charge on any atom is 0.126 e. The fourth-order valence-electron chi connectivity index (χ4n) is 4.49. The standard InChI is InChI=1S/C25H40O3/c1-8-9-10-11-12-24(2,3)19-14-21(27-6)23(22(15-19)28-7)18-13-20(17-26)25(4,5)16-18/h13-15,18,26H,8-12,16-17H2,1-7H3/t18-/m0/s1. The highest BCUT2D eigenvalue weighted by Gasteiger charge is 2.36. The van der Waals surface area contributed by atoms with Gasteiger partial charge in [-0.25, -0.2) is 0 Å². The Hall–Kier alpha value is -1.48. The largest absolute Gasteiger partial charge is 0.496 e. The second-order valence-electron chi connectivity index (χ2n) is 9.53. The third-order valence-corrected chi connectivity index (χ3v) is 6.52. The van der Waals surface area contributed by atoms with E-state index in [-0.39, 0.29) is 23.4 Å². The smallest absolute Gasteiger partial charge is 0.126 e. The van der Waals surface area contributed by atoms with Gasteiger partial charge in [0, 0.05) is 11.5 Å². The molecule has 0 fully saturated rings. The Morgan fingerprint density at radius 3 is 2.14 bits per heavy atom. The van der Waals surface area contributed by atoms with Crippen molar-refractivity contribution in [1.82, 2.24) is 0 Å². The molecule has 1 N–H and O–H groups in total. The third-order valence-electron chi connectivity index (χ3n) is 6.52. The van der Waals surface area contributed by atoms with Crippen LogP contribution in [0.25, 0.3) is 0 Å². The molecule has 0 amide bonds. The van der Waals surface area contributed by atoms with Crippen LogP contribution in [0.5, 0.6) is 11.5 Å². The first-order valence-corrected chi connectivity index (χ1v) is 10.8. The summed E-state index contributed by atoms with van der Waals surface area (Å²) in [7, 11) is 3.49. The van der Waals surface area contributed by atoms with Crippen molar-refractivity contribution in [3.63, 3.8) is 0 Å². The molecular weight excluding hydrogens is 348 g/mol. The molecule has 0 radical (unpaired) electrons. The van der Waals surface area contributed by atoms with Gasteiger partial charge in [-0.3, -0.25) is 0 Å². The first kappa shape index (κ1) is 22.8. The van der Waals surface area contributed by atoms with Crippen molar-refractivity contribution in [2.45, 2.75) is 84.5 Å². The highest BCUT2D eigenvalue weighted by atomic mass is 16.5. The molecular formula is C25H40O3. The van der Waals surface area contributed by atoms with E-state index in [1.54, 1.807) is 14.2 Å². The summed E-state index contributed by atoms with van der Waals surface area (Å²) in [4.78, 5) is 0. The van der Waals surface area contributed by atoms with Crippen molar-refractivity contribution >= 4 is 0 Å². The molecule has 0 heterocycles. The molecule has 1 aromatic rings. The van der Waals surface area contributed by atoms with E-state index in [1.165, 1.54) is 31.2 Å². The minimum Gasteiger partial charge on any atom is -0.496 e. The normalized spacial score (nSPS) is 18.9. The molecule has 3 heteroatoms. The van der Waals surface area contributed by atoms with Crippen molar-refractivity contribution in [3.05, 3.63) is 34.9 Å². The molecule has 3 nitrogen and oxygen atoms in total. The van der Waals surface area contributed by atoms with Crippen molar-refractivity contribution in [2.24, 2.45) is 5.41 Å². The van der Waals surface area contributed by atoms with Crippen LogP contribution in [0.1, 0.15) is 90.2 Å². The first-order valence-electron chi connectivity index (χ1n) is 10.8. The quantitative estimate of drug-likeness (QED) is 0.373. The van der Waals surface area contributed by atoms with Gasteiger partial charge in [0.15, 0.2) is 0 Å². The van der Waals surface area contributed by atoms with Crippen LogP contribution < -0.4 is 9.47 Å². The lowest BCUT2D eigenvalue weighted by atomic mass is 9.78. The van der Waals surface area contributed by atoms with E-state index in [2.05, 4.69) is 52.8 Å². The van der Waals surface area contributed by atoms with Crippen molar-refractivity contribution in [3.8, 4) is 11.5 Å². The molecule has 2 rings (SSSR count). The maximum atomic E-state index is 9.76. The van der Waals surface area contributed by atoms with E-state index in [0.29, 0.717) is 0 Å². The zero-order valence-corrected chi connectivity index (χ0v) is 19.0. The topological polar surface area (TPSA) is 38.7 Å². The molecule has 0 saturated carbocycles. The molecule has 1 aliphatic carbocycles. The third kappa shape index (κ3) is 4.92. The minimum absolute atomic E-state index is 0.00728. The van der Waals surface area contributed by atoms with Crippen LogP contribution in [0.3, 0.4) is 0 Å². The molecule has 28 heavy (non-hydrogen) atoms. The highest BCUT2D eigenvalue weighted by molar-refractivity contribution is 5.54. The highest BCUT2D eigenvalue weighted by Crippen LogP contribution is 2.51. The van der Waals surface area contributed by atoms with Gasteiger partial charge in [-0.1, -0.05) is 66.4 Å². The fraction of sp³-hybridized carbons (Fsp3) is 0.680. The average Bonchev–Trinajstić information content (AvgIpc) is 2.97. The lowest BCUT2D eigenvalue weighted by Gasteiger charge is -2.29. The van der Waals surface area contributed by atoms with Crippen LogP contribution >= 0.6 is 0 Å². The lowest BCUT2D eigenvalue weighted by Crippen LogP contribution is -2.18. The predicted molar refractivity (Wildman–Crippen MR) is 118 cm³/mol. The van der Waals surface area contributed by atoms with Crippen molar-refractivity contribution in [1.29, 1.82) is 0 Å². The van der Waals surface area contributed by atoms with E-state index >= 15 is 0 Å². The van der Waals surface area contributed by atoms with Crippen LogP contribution in [0.2, 0.25) is 0 Å². The van der Waals surface area contributed by atoms with Crippen LogP contribution in [0.4, 0.5) is 0 Å². The Morgan fingerprint density at radius 1 is 1.07 bits per heavy atom. The minimum atomic E-state index is -0.00728. The number of aliphatic hydroxyl groups is 1. The molecule has 0 saturated heterocycles. The molecule has 1 aliphatic rings. The van der Waals surface area contributed by atoms with Crippen LogP contribution in [-0.2, 0) is 5.41 Å². The van der Waals surface area contributed by atoms with E-state index in [1.807, 2.05) is 0 Å². The van der Waals surface area contributed by atoms with E-state index in [9.17, 15) is 5.11 Å². The molecule has 0 aromatic heterocycles. The number of methoxy groups -OCH3 is 2. The molecule has 0 unspecified atom stereocenters. The summed E-state index contributed by atoms with van der Waals surface area (Å²) >= 11 is 0. The van der Waals surface area contributed by atoms with Gasteiger partial charge in [-0.15, -0.1) is 0 Å².